The average molecular weight is 282 g/mol. The summed E-state index contributed by atoms with van der Waals surface area (Å²) in [5, 5.41) is 2.93. The number of nitrogens with one attached hydrogen (secondary N) is 1. The Bertz CT molecular complexity index is 381. The highest BCUT2D eigenvalue weighted by Gasteiger charge is 2.51. The maximum atomic E-state index is 12.6. The first-order valence-electron chi connectivity index (χ1n) is 7.74. The van der Waals surface area contributed by atoms with Crippen molar-refractivity contribution in [1.82, 2.24) is 10.2 Å². The summed E-state index contributed by atoms with van der Waals surface area (Å²) in [4.78, 5) is 26.8. The molecule has 2 aliphatic rings. The van der Waals surface area contributed by atoms with Gasteiger partial charge in [0.25, 0.3) is 0 Å². The summed E-state index contributed by atoms with van der Waals surface area (Å²) < 4.78 is 5.49. The smallest absolute Gasteiger partial charge is 0.246 e. The molecule has 2 fully saturated rings. The first-order chi connectivity index (χ1) is 9.54. The third-order valence-electron chi connectivity index (χ3n) is 4.49. The Labute approximate surface area is 121 Å². The molecule has 114 valence electrons. The molecule has 0 bridgehead atoms. The van der Waals surface area contributed by atoms with E-state index in [1.54, 1.807) is 4.90 Å². The number of carbonyl (C=O) groups excluding carboxylic acids is 2. The van der Waals surface area contributed by atoms with Crippen molar-refractivity contribution >= 4 is 11.8 Å². The summed E-state index contributed by atoms with van der Waals surface area (Å²) in [5.74, 6) is 0.385. The molecule has 5 nitrogen and oxygen atoms in total. The van der Waals surface area contributed by atoms with Crippen LogP contribution in [0.1, 0.15) is 46.5 Å². The molecule has 5 heteroatoms. The molecule has 0 aromatic carbocycles. The van der Waals surface area contributed by atoms with Crippen LogP contribution in [0.5, 0.6) is 0 Å². The fourth-order valence-corrected chi connectivity index (χ4v) is 2.75. The van der Waals surface area contributed by atoms with Gasteiger partial charge in [-0.3, -0.25) is 9.59 Å². The molecule has 2 unspecified atom stereocenters. The number of hydrogen-bond acceptors (Lipinski definition) is 3. The molecular weight excluding hydrogens is 256 g/mol. The van der Waals surface area contributed by atoms with E-state index in [9.17, 15) is 9.59 Å². The molecule has 1 heterocycles. The normalized spacial score (nSPS) is 30.6. The molecule has 1 saturated heterocycles. The van der Waals surface area contributed by atoms with E-state index < -0.39 is 5.54 Å². The highest BCUT2D eigenvalue weighted by molar-refractivity contribution is 5.99. The molecule has 2 atom stereocenters. The summed E-state index contributed by atoms with van der Waals surface area (Å²) in [6.45, 7) is 7.55. The van der Waals surface area contributed by atoms with Gasteiger partial charge in [-0.05, 0) is 38.5 Å². The Hall–Kier alpha value is -1.10. The van der Waals surface area contributed by atoms with E-state index in [2.05, 4.69) is 12.2 Å². The summed E-state index contributed by atoms with van der Waals surface area (Å²) in [5.41, 5.74) is -0.738. The standard InChI is InChI=1S/C15H26N2O3/c1-4-9-20-10-8-17-13(18)12(11-6-7-11)16-14(19)15(17,3)5-2/h11-12H,4-10H2,1-3H3,(H,16,19). The number of piperazine rings is 1. The van der Waals surface area contributed by atoms with Gasteiger partial charge in [0.2, 0.25) is 11.8 Å². The van der Waals surface area contributed by atoms with Crippen molar-refractivity contribution in [2.24, 2.45) is 5.92 Å². The first-order valence-corrected chi connectivity index (χ1v) is 7.74. The quantitative estimate of drug-likeness (QED) is 0.716. The van der Waals surface area contributed by atoms with Crippen molar-refractivity contribution in [2.75, 3.05) is 19.8 Å². The van der Waals surface area contributed by atoms with E-state index in [4.69, 9.17) is 4.74 Å². The topological polar surface area (TPSA) is 58.6 Å². The fraction of sp³-hybridized carbons (Fsp3) is 0.867. The van der Waals surface area contributed by atoms with Gasteiger partial charge in [-0.1, -0.05) is 13.8 Å². The molecule has 2 amide bonds. The summed E-state index contributed by atoms with van der Waals surface area (Å²) >= 11 is 0. The monoisotopic (exact) mass is 282 g/mol. The van der Waals surface area contributed by atoms with E-state index in [0.717, 1.165) is 19.3 Å². The van der Waals surface area contributed by atoms with Crippen LogP contribution in [0.4, 0.5) is 0 Å². The van der Waals surface area contributed by atoms with Gasteiger partial charge >= 0.3 is 0 Å². The molecule has 1 N–H and O–H groups in total. The third-order valence-corrected chi connectivity index (χ3v) is 4.49. The van der Waals surface area contributed by atoms with Gasteiger partial charge in [-0.25, -0.2) is 0 Å². The summed E-state index contributed by atoms with van der Waals surface area (Å²) in [7, 11) is 0. The van der Waals surface area contributed by atoms with Crippen LogP contribution in [0, 0.1) is 5.92 Å². The van der Waals surface area contributed by atoms with Gasteiger partial charge in [0.15, 0.2) is 0 Å². The summed E-state index contributed by atoms with van der Waals surface area (Å²) in [6, 6.07) is -0.312. The fourth-order valence-electron chi connectivity index (χ4n) is 2.75. The molecule has 1 aliphatic carbocycles. The predicted octanol–water partition coefficient (Wildman–Crippen LogP) is 1.32. The highest BCUT2D eigenvalue weighted by atomic mass is 16.5. The van der Waals surface area contributed by atoms with Gasteiger partial charge in [0, 0.05) is 13.2 Å². The lowest BCUT2D eigenvalue weighted by molar-refractivity contribution is -0.158. The largest absolute Gasteiger partial charge is 0.380 e. The van der Waals surface area contributed by atoms with Gasteiger partial charge in [0.1, 0.15) is 11.6 Å². The second kappa shape index (κ2) is 6.12. The molecule has 2 rings (SSSR count). The lowest BCUT2D eigenvalue weighted by Crippen LogP contribution is -2.70. The minimum absolute atomic E-state index is 0.0213. The summed E-state index contributed by atoms with van der Waals surface area (Å²) in [6.07, 6.45) is 3.67. The van der Waals surface area contributed by atoms with Gasteiger partial charge in [0.05, 0.1) is 6.61 Å². The van der Waals surface area contributed by atoms with E-state index in [1.807, 2.05) is 13.8 Å². The number of carbonyl (C=O) groups is 2. The van der Waals surface area contributed by atoms with Crippen LogP contribution in [0.15, 0.2) is 0 Å². The van der Waals surface area contributed by atoms with Crippen molar-refractivity contribution < 1.29 is 14.3 Å². The van der Waals surface area contributed by atoms with Crippen LogP contribution in [-0.4, -0.2) is 48.1 Å². The van der Waals surface area contributed by atoms with Crippen LogP contribution in [0.3, 0.4) is 0 Å². The van der Waals surface area contributed by atoms with Gasteiger partial charge < -0.3 is 15.0 Å². The minimum atomic E-state index is -0.738. The van der Waals surface area contributed by atoms with Gasteiger partial charge in [-0.2, -0.15) is 0 Å². The minimum Gasteiger partial charge on any atom is -0.380 e. The van der Waals surface area contributed by atoms with Crippen LogP contribution >= 0.6 is 0 Å². The molecule has 1 saturated carbocycles. The van der Waals surface area contributed by atoms with E-state index >= 15 is 0 Å². The van der Waals surface area contributed by atoms with Crippen molar-refractivity contribution in [3.8, 4) is 0 Å². The van der Waals surface area contributed by atoms with Crippen molar-refractivity contribution in [3.63, 3.8) is 0 Å². The molecule has 20 heavy (non-hydrogen) atoms. The Kier molecular flexibility index (Phi) is 4.68. The maximum absolute atomic E-state index is 12.6. The first kappa shape index (κ1) is 15.3. The van der Waals surface area contributed by atoms with E-state index in [1.165, 1.54) is 0 Å². The second-order valence-corrected chi connectivity index (χ2v) is 6.02. The van der Waals surface area contributed by atoms with Crippen LogP contribution in [0.25, 0.3) is 0 Å². The SMILES string of the molecule is CCCOCCN1C(=O)C(C2CC2)NC(=O)C1(C)CC. The number of hydrogen-bond donors (Lipinski definition) is 1. The van der Waals surface area contributed by atoms with Crippen molar-refractivity contribution in [1.29, 1.82) is 0 Å². The third kappa shape index (κ3) is 2.82. The lowest BCUT2D eigenvalue weighted by Gasteiger charge is -2.46. The Morgan fingerprint density at radius 3 is 2.55 bits per heavy atom. The Morgan fingerprint density at radius 1 is 1.30 bits per heavy atom. The van der Waals surface area contributed by atoms with E-state index in [0.29, 0.717) is 32.1 Å². The molecule has 0 aromatic rings. The molecule has 0 aromatic heterocycles. The lowest BCUT2D eigenvalue weighted by atomic mass is 9.89. The number of rotatable bonds is 7. The molecule has 1 aliphatic heterocycles. The zero-order chi connectivity index (χ0) is 14.8. The molecular formula is C15H26N2O3. The average Bonchev–Trinajstić information content (AvgIpc) is 3.26. The van der Waals surface area contributed by atoms with E-state index in [-0.39, 0.29) is 17.9 Å². The number of nitrogens with zero attached hydrogens (tertiary/aromatic N) is 1. The van der Waals surface area contributed by atoms with Crippen molar-refractivity contribution in [3.05, 3.63) is 0 Å². The highest BCUT2D eigenvalue weighted by Crippen LogP contribution is 2.37. The number of ether oxygens (including phenoxy) is 1. The number of amides is 2. The Balaban J connectivity index is 2.07. The zero-order valence-corrected chi connectivity index (χ0v) is 12.8. The second-order valence-electron chi connectivity index (χ2n) is 6.02. The molecule has 0 radical (unpaired) electrons. The Morgan fingerprint density at radius 2 is 2.00 bits per heavy atom. The van der Waals surface area contributed by atoms with Crippen molar-refractivity contribution in [2.45, 2.75) is 58.0 Å². The van der Waals surface area contributed by atoms with Crippen LogP contribution in [0.2, 0.25) is 0 Å². The van der Waals surface area contributed by atoms with Crippen LogP contribution in [-0.2, 0) is 14.3 Å². The maximum Gasteiger partial charge on any atom is 0.246 e. The van der Waals surface area contributed by atoms with Gasteiger partial charge in [-0.15, -0.1) is 0 Å². The van der Waals surface area contributed by atoms with Crippen LogP contribution < -0.4 is 5.32 Å². The zero-order valence-electron chi connectivity index (χ0n) is 12.8. The predicted molar refractivity (Wildman–Crippen MR) is 76.2 cm³/mol. The molecule has 0 spiro atoms.